The molecule has 0 radical (unpaired) electrons. The van der Waals surface area contributed by atoms with Crippen molar-refractivity contribution in [2.45, 2.75) is 6.54 Å². The highest BCUT2D eigenvalue weighted by molar-refractivity contribution is 6.30. The van der Waals surface area contributed by atoms with Crippen molar-refractivity contribution in [3.05, 3.63) is 47.3 Å². The molecule has 0 spiro atoms. The van der Waals surface area contributed by atoms with Gasteiger partial charge in [-0.05, 0) is 24.3 Å². The summed E-state index contributed by atoms with van der Waals surface area (Å²) in [6.07, 6.45) is 0. The van der Waals surface area contributed by atoms with Crippen LogP contribution in [0.15, 0.2) is 40.8 Å². The molecule has 2 N–H and O–H groups in total. The third-order valence-corrected chi connectivity index (χ3v) is 2.83. The van der Waals surface area contributed by atoms with Gasteiger partial charge in [-0.2, -0.15) is 4.98 Å². The lowest BCUT2D eigenvalue weighted by atomic mass is 10.1. The minimum Gasteiger partial charge on any atom is -0.438 e. The highest BCUT2D eigenvalue weighted by atomic mass is 35.5. The van der Waals surface area contributed by atoms with Gasteiger partial charge in [0.2, 0.25) is 5.89 Å². The minimum absolute atomic E-state index is 0.267. The Morgan fingerprint density at radius 2 is 2.06 bits per heavy atom. The second-order valence-corrected chi connectivity index (χ2v) is 4.28. The van der Waals surface area contributed by atoms with E-state index in [1.165, 1.54) is 0 Å². The molecule has 0 fully saturated rings. The molecule has 2 heterocycles. The van der Waals surface area contributed by atoms with E-state index in [-0.39, 0.29) is 6.54 Å². The van der Waals surface area contributed by atoms with E-state index in [4.69, 9.17) is 21.8 Å². The predicted octanol–water partition coefficient (Wildman–Crippen LogP) is 3.00. The van der Waals surface area contributed by atoms with E-state index < -0.39 is 0 Å². The number of hydrogen-bond donors (Lipinski definition) is 1. The Labute approximate surface area is 108 Å². The predicted molar refractivity (Wildman–Crippen MR) is 70.1 cm³/mol. The number of hydrogen-bond acceptors (Lipinski definition) is 4. The van der Waals surface area contributed by atoms with Crippen LogP contribution in [0.1, 0.15) is 5.89 Å². The highest BCUT2D eigenvalue weighted by Crippen LogP contribution is 2.23. The first kappa shape index (κ1) is 11.2. The van der Waals surface area contributed by atoms with E-state index in [2.05, 4.69) is 9.97 Å². The van der Waals surface area contributed by atoms with E-state index in [1.54, 1.807) is 0 Å². The first-order valence-corrected chi connectivity index (χ1v) is 5.86. The van der Waals surface area contributed by atoms with Crippen molar-refractivity contribution in [3.8, 4) is 11.3 Å². The fourth-order valence-electron chi connectivity index (χ4n) is 1.76. The second kappa shape index (κ2) is 4.40. The van der Waals surface area contributed by atoms with E-state index >= 15 is 0 Å². The summed E-state index contributed by atoms with van der Waals surface area (Å²) in [6, 6.07) is 11.2. The van der Waals surface area contributed by atoms with Crippen molar-refractivity contribution in [1.29, 1.82) is 0 Å². The van der Waals surface area contributed by atoms with Gasteiger partial charge in [0, 0.05) is 10.6 Å². The number of benzene rings is 1. The Morgan fingerprint density at radius 3 is 2.83 bits per heavy atom. The molecule has 3 rings (SSSR count). The largest absolute Gasteiger partial charge is 0.438 e. The smallest absolute Gasteiger partial charge is 0.210 e. The second-order valence-electron chi connectivity index (χ2n) is 3.84. The number of nitrogens with two attached hydrogens (primary N) is 1. The van der Waals surface area contributed by atoms with Gasteiger partial charge < -0.3 is 10.2 Å². The fraction of sp³-hybridized carbons (Fsp3) is 0.0769. The first-order valence-electron chi connectivity index (χ1n) is 5.49. The third-order valence-electron chi connectivity index (χ3n) is 2.59. The molecule has 0 aliphatic carbocycles. The zero-order chi connectivity index (χ0) is 12.5. The van der Waals surface area contributed by atoms with Crippen LogP contribution in [0.5, 0.6) is 0 Å². The van der Waals surface area contributed by atoms with E-state index in [1.807, 2.05) is 36.4 Å². The number of oxazole rings is 1. The summed E-state index contributed by atoms with van der Waals surface area (Å²) < 4.78 is 5.41. The summed E-state index contributed by atoms with van der Waals surface area (Å²) >= 11 is 5.96. The Bertz CT molecular complexity index is 708. The average Bonchev–Trinajstić information content (AvgIpc) is 2.80. The summed E-state index contributed by atoms with van der Waals surface area (Å²) in [5, 5.41) is 0.678. The molecule has 0 unspecified atom stereocenters. The van der Waals surface area contributed by atoms with Crippen molar-refractivity contribution in [2.75, 3.05) is 0 Å². The van der Waals surface area contributed by atoms with Crippen LogP contribution in [0.25, 0.3) is 22.5 Å². The molecular weight excluding hydrogens is 250 g/mol. The molecule has 5 heteroatoms. The van der Waals surface area contributed by atoms with Crippen LogP contribution in [0.2, 0.25) is 5.02 Å². The lowest BCUT2D eigenvalue weighted by molar-refractivity contribution is 0.533. The SMILES string of the molecule is NCc1nc2nc(-c3cccc(Cl)c3)ccc2o1. The Balaban J connectivity index is 2.12. The van der Waals surface area contributed by atoms with Crippen molar-refractivity contribution < 1.29 is 4.42 Å². The molecule has 4 nitrogen and oxygen atoms in total. The minimum atomic E-state index is 0.267. The molecule has 18 heavy (non-hydrogen) atoms. The summed E-state index contributed by atoms with van der Waals surface area (Å²) in [5.74, 6) is 0.487. The standard InChI is InChI=1S/C13H10ClN3O/c14-9-3-1-2-8(6-9)10-4-5-11-13(16-10)17-12(7-15)18-11/h1-6H,7,15H2. The molecule has 90 valence electrons. The van der Waals surface area contributed by atoms with Gasteiger partial charge in [0.25, 0.3) is 0 Å². The molecule has 0 saturated carbocycles. The zero-order valence-electron chi connectivity index (χ0n) is 9.43. The van der Waals surface area contributed by atoms with Crippen molar-refractivity contribution >= 4 is 22.8 Å². The van der Waals surface area contributed by atoms with Gasteiger partial charge in [0.15, 0.2) is 11.2 Å². The maximum atomic E-state index is 5.96. The number of aromatic nitrogens is 2. The highest BCUT2D eigenvalue weighted by Gasteiger charge is 2.07. The monoisotopic (exact) mass is 259 g/mol. The molecule has 0 aliphatic rings. The van der Waals surface area contributed by atoms with Crippen LogP contribution in [0, 0.1) is 0 Å². The summed E-state index contributed by atoms with van der Waals surface area (Å²) in [5.41, 5.74) is 8.44. The lowest BCUT2D eigenvalue weighted by Gasteiger charge is -2.00. The van der Waals surface area contributed by atoms with Gasteiger partial charge in [-0.3, -0.25) is 0 Å². The average molecular weight is 260 g/mol. The number of pyridine rings is 1. The third kappa shape index (κ3) is 1.96. The molecule has 0 atom stereocenters. The first-order chi connectivity index (χ1) is 8.76. The number of rotatable bonds is 2. The summed E-state index contributed by atoms with van der Waals surface area (Å²) in [6.45, 7) is 0.267. The van der Waals surface area contributed by atoms with E-state index in [9.17, 15) is 0 Å². The number of halogens is 1. The normalized spacial score (nSPS) is 11.0. The van der Waals surface area contributed by atoms with Gasteiger partial charge in [-0.25, -0.2) is 4.98 Å². The van der Waals surface area contributed by atoms with Crippen LogP contribution in [-0.2, 0) is 6.54 Å². The lowest BCUT2D eigenvalue weighted by Crippen LogP contribution is -1.95. The number of nitrogens with zero attached hydrogens (tertiary/aromatic N) is 2. The van der Waals surface area contributed by atoms with Crippen LogP contribution in [0.3, 0.4) is 0 Å². The zero-order valence-corrected chi connectivity index (χ0v) is 10.2. The Kier molecular flexibility index (Phi) is 2.74. The van der Waals surface area contributed by atoms with Gasteiger partial charge in [0.05, 0.1) is 12.2 Å². The van der Waals surface area contributed by atoms with Gasteiger partial charge in [0.1, 0.15) is 0 Å². The van der Waals surface area contributed by atoms with Crippen LogP contribution < -0.4 is 5.73 Å². The van der Waals surface area contributed by atoms with Gasteiger partial charge >= 0.3 is 0 Å². The Morgan fingerprint density at radius 1 is 1.17 bits per heavy atom. The maximum absolute atomic E-state index is 5.96. The fourth-order valence-corrected chi connectivity index (χ4v) is 1.95. The van der Waals surface area contributed by atoms with Crippen molar-refractivity contribution in [1.82, 2.24) is 9.97 Å². The molecule has 0 amide bonds. The molecule has 0 saturated heterocycles. The van der Waals surface area contributed by atoms with Crippen molar-refractivity contribution in [3.63, 3.8) is 0 Å². The summed E-state index contributed by atoms with van der Waals surface area (Å²) in [4.78, 5) is 8.64. The molecule has 2 aromatic heterocycles. The molecular formula is C13H10ClN3O. The van der Waals surface area contributed by atoms with Crippen LogP contribution in [0.4, 0.5) is 0 Å². The van der Waals surface area contributed by atoms with Gasteiger partial charge in [-0.1, -0.05) is 23.7 Å². The quantitative estimate of drug-likeness (QED) is 0.768. The van der Waals surface area contributed by atoms with E-state index in [0.29, 0.717) is 22.1 Å². The molecule has 1 aromatic carbocycles. The van der Waals surface area contributed by atoms with E-state index in [0.717, 1.165) is 11.3 Å². The Hall–Kier alpha value is -1.91. The number of fused-ring (bicyclic) bond motifs is 1. The van der Waals surface area contributed by atoms with Gasteiger partial charge in [-0.15, -0.1) is 0 Å². The topological polar surface area (TPSA) is 64.9 Å². The molecule has 3 aromatic rings. The maximum Gasteiger partial charge on any atom is 0.210 e. The van der Waals surface area contributed by atoms with Crippen molar-refractivity contribution in [2.24, 2.45) is 5.73 Å². The van der Waals surface area contributed by atoms with Crippen LogP contribution >= 0.6 is 11.6 Å². The molecule has 0 aliphatic heterocycles. The summed E-state index contributed by atoms with van der Waals surface area (Å²) in [7, 11) is 0. The van der Waals surface area contributed by atoms with Crippen LogP contribution in [-0.4, -0.2) is 9.97 Å². The molecule has 0 bridgehead atoms.